The Morgan fingerprint density at radius 1 is 1.06 bits per heavy atom. The normalized spacial score (nSPS) is 16.6. The van der Waals surface area contributed by atoms with Gasteiger partial charge in [-0.05, 0) is 44.4 Å². The van der Waals surface area contributed by atoms with Crippen LogP contribution in [0.2, 0.25) is 0 Å². The van der Waals surface area contributed by atoms with Gasteiger partial charge in [0.1, 0.15) is 24.6 Å². The Hall–Kier alpha value is -5.29. The van der Waals surface area contributed by atoms with Gasteiger partial charge in [-0.15, -0.1) is 0 Å². The van der Waals surface area contributed by atoms with Gasteiger partial charge in [-0.25, -0.2) is 18.3 Å². The van der Waals surface area contributed by atoms with Gasteiger partial charge in [0.15, 0.2) is 12.3 Å². The fourth-order valence-electron chi connectivity index (χ4n) is 5.52. The lowest BCUT2D eigenvalue weighted by molar-refractivity contribution is -0.140. The van der Waals surface area contributed by atoms with Gasteiger partial charge in [0.05, 0.1) is 12.3 Å². The molecule has 3 N–H and O–H groups in total. The Labute approximate surface area is 280 Å². The molecule has 0 bridgehead atoms. The number of aliphatic carboxylic acids is 1. The van der Waals surface area contributed by atoms with Crippen molar-refractivity contribution in [3.8, 4) is 11.6 Å². The van der Waals surface area contributed by atoms with E-state index in [4.69, 9.17) is 9.47 Å². The molecule has 1 aromatic carbocycles. The summed E-state index contributed by atoms with van der Waals surface area (Å²) >= 11 is 0. The summed E-state index contributed by atoms with van der Waals surface area (Å²) in [4.78, 5) is 80.0. The number of hydrogen-bond donors (Lipinski definition) is 3. The zero-order chi connectivity index (χ0) is 35.5. The van der Waals surface area contributed by atoms with E-state index in [1.54, 1.807) is 6.92 Å². The Morgan fingerprint density at radius 2 is 1.80 bits per heavy atom. The molecule has 2 unspecified atom stereocenters. The first-order chi connectivity index (χ1) is 23.5. The third-order valence-electron chi connectivity index (χ3n) is 7.94. The molecule has 5 amide bonds. The van der Waals surface area contributed by atoms with Crippen molar-refractivity contribution in [1.29, 1.82) is 0 Å². The second-order valence-electron chi connectivity index (χ2n) is 11.2. The average molecular weight is 692 g/mol. The predicted octanol–water partition coefficient (Wildman–Crippen LogP) is 0.731. The molecule has 2 atom stereocenters. The van der Waals surface area contributed by atoms with Crippen LogP contribution in [0, 0.1) is 5.82 Å². The minimum Gasteiger partial charge on any atom is -0.481 e. The first-order valence-corrected chi connectivity index (χ1v) is 15.9. The van der Waals surface area contributed by atoms with Crippen molar-refractivity contribution in [2.45, 2.75) is 44.7 Å². The number of halogens is 2. The summed E-state index contributed by atoms with van der Waals surface area (Å²) in [6.45, 7) is 1.26. The number of amides is 5. The maximum absolute atomic E-state index is 14.2. The SMILES string of the molecule is CCOC(=O)N1CCN(C(=O)C(CCC(=O)O)NC(=O)c2cc(OCC(=O)N3CCCC3C(=O)NCCF)n(-c3cccc(F)c3)n2)CC1. The number of hydrogen-bond acceptors (Lipinski definition) is 9. The number of ether oxygens (including phenoxy) is 2. The van der Waals surface area contributed by atoms with Crippen LogP contribution in [0.15, 0.2) is 30.3 Å². The van der Waals surface area contributed by atoms with Gasteiger partial charge in [0, 0.05) is 51.8 Å². The molecule has 2 aromatic rings. The summed E-state index contributed by atoms with van der Waals surface area (Å²) in [5.74, 6) is -4.41. The summed E-state index contributed by atoms with van der Waals surface area (Å²) in [6.07, 6.45) is -0.252. The van der Waals surface area contributed by atoms with E-state index in [1.807, 2.05) is 0 Å². The van der Waals surface area contributed by atoms with Crippen LogP contribution in [-0.4, -0.2) is 137 Å². The first-order valence-electron chi connectivity index (χ1n) is 15.9. The van der Waals surface area contributed by atoms with Gasteiger partial charge in [0.2, 0.25) is 17.7 Å². The molecule has 1 aromatic heterocycles. The number of rotatable bonds is 14. The van der Waals surface area contributed by atoms with Crippen LogP contribution < -0.4 is 15.4 Å². The number of aromatic nitrogens is 2. The topological polar surface area (TPSA) is 193 Å². The molecule has 2 aliphatic rings. The van der Waals surface area contributed by atoms with Crippen LogP contribution in [0.5, 0.6) is 5.88 Å². The van der Waals surface area contributed by atoms with Crippen molar-refractivity contribution in [3.05, 3.63) is 41.8 Å². The van der Waals surface area contributed by atoms with E-state index in [0.717, 1.165) is 10.7 Å². The van der Waals surface area contributed by atoms with E-state index in [-0.39, 0.29) is 69.6 Å². The second kappa shape index (κ2) is 17.2. The Balaban J connectivity index is 1.50. The maximum atomic E-state index is 14.2. The highest BCUT2D eigenvalue weighted by Gasteiger charge is 2.35. The number of likely N-dealkylation sites (tertiary alicyclic amines) is 1. The largest absolute Gasteiger partial charge is 0.481 e. The minimum atomic E-state index is -1.27. The molecule has 18 heteroatoms. The van der Waals surface area contributed by atoms with Gasteiger partial charge < -0.3 is 39.9 Å². The molecule has 16 nitrogen and oxygen atoms in total. The molecule has 49 heavy (non-hydrogen) atoms. The Bertz CT molecular complexity index is 1530. The fourth-order valence-corrected chi connectivity index (χ4v) is 5.52. The van der Waals surface area contributed by atoms with Crippen LogP contribution in [0.4, 0.5) is 13.6 Å². The molecule has 4 rings (SSSR count). The van der Waals surface area contributed by atoms with E-state index in [2.05, 4.69) is 15.7 Å². The highest BCUT2D eigenvalue weighted by atomic mass is 19.1. The van der Waals surface area contributed by atoms with Crippen LogP contribution >= 0.6 is 0 Å². The van der Waals surface area contributed by atoms with Gasteiger partial charge in [-0.1, -0.05) is 6.07 Å². The number of piperazine rings is 1. The lowest BCUT2D eigenvalue weighted by Crippen LogP contribution is -2.56. The maximum Gasteiger partial charge on any atom is 0.409 e. The van der Waals surface area contributed by atoms with E-state index < -0.39 is 73.3 Å². The molecule has 2 saturated heterocycles. The quantitative estimate of drug-likeness (QED) is 0.254. The first kappa shape index (κ1) is 36.5. The zero-order valence-corrected chi connectivity index (χ0v) is 26.9. The van der Waals surface area contributed by atoms with E-state index in [9.17, 15) is 42.7 Å². The van der Waals surface area contributed by atoms with Crippen molar-refractivity contribution >= 4 is 35.7 Å². The highest BCUT2D eigenvalue weighted by Crippen LogP contribution is 2.23. The summed E-state index contributed by atoms with van der Waals surface area (Å²) in [5, 5.41) is 18.5. The van der Waals surface area contributed by atoms with Crippen molar-refractivity contribution < 1.29 is 52.1 Å². The van der Waals surface area contributed by atoms with Crippen molar-refractivity contribution in [1.82, 2.24) is 35.1 Å². The predicted molar refractivity (Wildman–Crippen MR) is 166 cm³/mol. The van der Waals surface area contributed by atoms with Gasteiger partial charge in [-0.3, -0.25) is 24.0 Å². The standard InChI is InChI=1S/C31H39F2N7O9/c1-2-48-31(47)38-15-13-37(14-16-38)30(46)22(8-9-27(42)43)35-28(44)23-18-26(40(36-23)21-6-3-5-20(33)17-21)49-19-25(41)39-12-4-7-24(39)29(45)34-11-10-32/h3,5-6,17-18,22,24H,2,4,7-16,19H2,1H3,(H,34,45)(H,35,44)(H,42,43). The minimum absolute atomic E-state index is 0.132. The van der Waals surface area contributed by atoms with Crippen LogP contribution in [0.3, 0.4) is 0 Å². The summed E-state index contributed by atoms with van der Waals surface area (Å²) in [7, 11) is 0. The summed E-state index contributed by atoms with van der Waals surface area (Å²) in [5.41, 5.74) is -0.138. The van der Waals surface area contributed by atoms with Gasteiger partial charge in [0.25, 0.3) is 11.8 Å². The smallest absolute Gasteiger partial charge is 0.409 e. The summed E-state index contributed by atoms with van der Waals surface area (Å²) < 4.78 is 38.5. The molecular weight excluding hydrogens is 652 g/mol. The number of carboxylic acid groups (broad SMARTS) is 1. The van der Waals surface area contributed by atoms with Crippen molar-refractivity contribution in [3.63, 3.8) is 0 Å². The Kier molecular flexibility index (Phi) is 12.8. The molecule has 2 fully saturated rings. The number of carbonyl (C=O) groups is 6. The van der Waals surface area contributed by atoms with E-state index in [1.165, 1.54) is 39.0 Å². The lowest BCUT2D eigenvalue weighted by atomic mass is 10.1. The van der Waals surface area contributed by atoms with E-state index in [0.29, 0.717) is 12.8 Å². The average Bonchev–Trinajstić information content (AvgIpc) is 3.76. The number of carboxylic acids is 1. The number of carbonyl (C=O) groups excluding carboxylic acids is 5. The Morgan fingerprint density at radius 3 is 2.47 bits per heavy atom. The highest BCUT2D eigenvalue weighted by molar-refractivity contribution is 5.96. The number of nitrogens with one attached hydrogen (secondary N) is 2. The molecule has 0 saturated carbocycles. The molecule has 266 valence electrons. The summed E-state index contributed by atoms with van der Waals surface area (Å²) in [6, 6.07) is 4.30. The number of alkyl halides is 1. The van der Waals surface area contributed by atoms with Gasteiger partial charge >= 0.3 is 12.1 Å². The fraction of sp³-hybridized carbons (Fsp3) is 0.516. The molecule has 0 radical (unpaired) electrons. The third-order valence-corrected chi connectivity index (χ3v) is 7.94. The number of nitrogens with zero attached hydrogens (tertiary/aromatic N) is 5. The molecule has 0 aliphatic carbocycles. The third kappa shape index (κ3) is 9.64. The van der Waals surface area contributed by atoms with Crippen LogP contribution in [-0.2, 0) is 23.9 Å². The van der Waals surface area contributed by atoms with Crippen LogP contribution in [0.1, 0.15) is 43.1 Å². The number of benzene rings is 1. The second-order valence-corrected chi connectivity index (χ2v) is 11.2. The lowest BCUT2D eigenvalue weighted by Gasteiger charge is -2.35. The van der Waals surface area contributed by atoms with Crippen LogP contribution in [0.25, 0.3) is 5.69 Å². The van der Waals surface area contributed by atoms with Crippen molar-refractivity contribution in [2.24, 2.45) is 0 Å². The van der Waals surface area contributed by atoms with E-state index >= 15 is 0 Å². The molecular formula is C31H39F2N7O9. The zero-order valence-electron chi connectivity index (χ0n) is 26.9. The van der Waals surface area contributed by atoms with Crippen molar-refractivity contribution in [2.75, 3.05) is 59.2 Å². The van der Waals surface area contributed by atoms with Gasteiger partial charge in [-0.2, -0.15) is 5.10 Å². The molecule has 3 heterocycles. The molecule has 0 spiro atoms. The molecule has 2 aliphatic heterocycles. The monoisotopic (exact) mass is 691 g/mol.